The molecule has 1 aromatic heterocycles. The summed E-state index contributed by atoms with van der Waals surface area (Å²) in [5.41, 5.74) is 1.81. The van der Waals surface area contributed by atoms with Gasteiger partial charge in [-0.25, -0.2) is 0 Å². The highest BCUT2D eigenvalue weighted by molar-refractivity contribution is 5.77. The van der Waals surface area contributed by atoms with Gasteiger partial charge in [-0.1, -0.05) is 30.3 Å². The maximum atomic E-state index is 10.3. The molecule has 0 amide bonds. The molecule has 0 saturated carbocycles. The number of fused-ring (bicyclic) bond motifs is 1. The molecule has 1 atom stereocenters. The zero-order valence-corrected chi connectivity index (χ0v) is 11.2. The summed E-state index contributed by atoms with van der Waals surface area (Å²) in [6.07, 6.45) is -0.161. The van der Waals surface area contributed by atoms with Gasteiger partial charge in [0.25, 0.3) is 0 Å². The number of rotatable bonds is 4. The molecular weight excluding hydrogens is 252 g/mol. The van der Waals surface area contributed by atoms with E-state index in [0.29, 0.717) is 12.2 Å². The van der Waals surface area contributed by atoms with Crippen molar-refractivity contribution in [3.05, 3.63) is 65.9 Å². The number of para-hydroxylation sites is 1. The molecule has 0 saturated heterocycles. The second-order valence-corrected chi connectivity index (χ2v) is 4.76. The fourth-order valence-corrected chi connectivity index (χ4v) is 2.29. The first kappa shape index (κ1) is 12.8. The molecule has 0 fully saturated rings. The van der Waals surface area contributed by atoms with E-state index in [1.165, 1.54) is 0 Å². The molecule has 3 nitrogen and oxygen atoms in total. The van der Waals surface area contributed by atoms with Crippen molar-refractivity contribution >= 4 is 11.0 Å². The Morgan fingerprint density at radius 3 is 2.75 bits per heavy atom. The molecule has 0 aliphatic heterocycles. The summed E-state index contributed by atoms with van der Waals surface area (Å²) in [7, 11) is 1.63. The first-order chi connectivity index (χ1) is 9.76. The Hall–Kier alpha value is -2.26. The van der Waals surface area contributed by atoms with Crippen molar-refractivity contribution in [2.75, 3.05) is 7.11 Å². The molecule has 102 valence electrons. The monoisotopic (exact) mass is 268 g/mol. The fourth-order valence-electron chi connectivity index (χ4n) is 2.29. The van der Waals surface area contributed by atoms with Gasteiger partial charge in [0.15, 0.2) is 0 Å². The van der Waals surface area contributed by atoms with Crippen LogP contribution in [0.25, 0.3) is 11.0 Å². The quantitative estimate of drug-likeness (QED) is 0.784. The molecular formula is C17H16O3. The number of ether oxygens (including phenoxy) is 1. The van der Waals surface area contributed by atoms with Gasteiger partial charge >= 0.3 is 0 Å². The van der Waals surface area contributed by atoms with Crippen molar-refractivity contribution < 1.29 is 14.3 Å². The van der Waals surface area contributed by atoms with Gasteiger partial charge in [-0.3, -0.25) is 0 Å². The maximum absolute atomic E-state index is 10.3. The van der Waals surface area contributed by atoms with Crippen molar-refractivity contribution in [1.82, 2.24) is 0 Å². The number of benzene rings is 2. The standard InChI is InChI=1S/C17H16O3/c1-19-14-7-4-5-12(9-14)10-15(18)17-11-13-6-2-3-8-16(13)20-17/h2-9,11,15,18H,10H2,1H3. The summed E-state index contributed by atoms with van der Waals surface area (Å²) in [5, 5.41) is 11.3. The van der Waals surface area contributed by atoms with E-state index >= 15 is 0 Å². The molecule has 0 radical (unpaired) electrons. The molecule has 0 aliphatic rings. The predicted octanol–water partition coefficient (Wildman–Crippen LogP) is 3.72. The first-order valence-corrected chi connectivity index (χ1v) is 6.56. The number of hydrogen-bond donors (Lipinski definition) is 1. The lowest BCUT2D eigenvalue weighted by Crippen LogP contribution is -2.00. The Morgan fingerprint density at radius 1 is 1.10 bits per heavy atom. The number of furan rings is 1. The van der Waals surface area contributed by atoms with E-state index in [1.54, 1.807) is 7.11 Å². The van der Waals surface area contributed by atoms with E-state index in [1.807, 2.05) is 54.6 Å². The van der Waals surface area contributed by atoms with E-state index < -0.39 is 6.10 Å². The molecule has 20 heavy (non-hydrogen) atoms. The van der Waals surface area contributed by atoms with Gasteiger partial charge in [-0.2, -0.15) is 0 Å². The smallest absolute Gasteiger partial charge is 0.134 e. The third-order valence-electron chi connectivity index (χ3n) is 3.34. The van der Waals surface area contributed by atoms with E-state index in [9.17, 15) is 5.11 Å². The molecule has 1 N–H and O–H groups in total. The molecule has 1 unspecified atom stereocenters. The third-order valence-corrected chi connectivity index (χ3v) is 3.34. The lowest BCUT2D eigenvalue weighted by Gasteiger charge is -2.08. The summed E-state index contributed by atoms with van der Waals surface area (Å²) < 4.78 is 10.9. The second kappa shape index (κ2) is 5.39. The van der Waals surface area contributed by atoms with Crippen molar-refractivity contribution in [2.24, 2.45) is 0 Å². The molecule has 0 aliphatic carbocycles. The molecule has 2 aromatic carbocycles. The SMILES string of the molecule is COc1cccc(CC(O)c2cc3ccccc3o2)c1. The average molecular weight is 268 g/mol. The minimum Gasteiger partial charge on any atom is -0.497 e. The van der Waals surface area contributed by atoms with Gasteiger partial charge < -0.3 is 14.3 Å². The van der Waals surface area contributed by atoms with E-state index in [2.05, 4.69) is 0 Å². The topological polar surface area (TPSA) is 42.6 Å². The number of hydrogen-bond acceptors (Lipinski definition) is 3. The van der Waals surface area contributed by atoms with Gasteiger partial charge in [-0.05, 0) is 29.8 Å². The highest BCUT2D eigenvalue weighted by atomic mass is 16.5. The van der Waals surface area contributed by atoms with Gasteiger partial charge in [0, 0.05) is 11.8 Å². The van der Waals surface area contributed by atoms with Crippen LogP contribution in [-0.4, -0.2) is 12.2 Å². The fraction of sp³-hybridized carbons (Fsp3) is 0.176. The normalized spacial score (nSPS) is 12.5. The molecule has 0 spiro atoms. The van der Waals surface area contributed by atoms with Crippen molar-refractivity contribution in [2.45, 2.75) is 12.5 Å². The van der Waals surface area contributed by atoms with Gasteiger partial charge in [0.2, 0.25) is 0 Å². The van der Waals surface area contributed by atoms with Crippen LogP contribution >= 0.6 is 0 Å². The van der Waals surface area contributed by atoms with Gasteiger partial charge in [0.05, 0.1) is 7.11 Å². The highest BCUT2D eigenvalue weighted by Gasteiger charge is 2.14. The second-order valence-electron chi connectivity index (χ2n) is 4.76. The van der Waals surface area contributed by atoms with Crippen molar-refractivity contribution in [3.63, 3.8) is 0 Å². The minimum atomic E-state index is -0.658. The average Bonchev–Trinajstić information content (AvgIpc) is 2.91. The Bertz CT molecular complexity index is 682. The van der Waals surface area contributed by atoms with Crippen LogP contribution in [0.3, 0.4) is 0 Å². The van der Waals surface area contributed by atoms with E-state index in [4.69, 9.17) is 9.15 Å². The summed E-state index contributed by atoms with van der Waals surface area (Å²) in [4.78, 5) is 0. The first-order valence-electron chi connectivity index (χ1n) is 6.56. The van der Waals surface area contributed by atoms with Crippen LogP contribution in [0.15, 0.2) is 59.0 Å². The minimum absolute atomic E-state index is 0.497. The highest BCUT2D eigenvalue weighted by Crippen LogP contribution is 2.26. The zero-order valence-electron chi connectivity index (χ0n) is 11.2. The molecule has 3 heteroatoms. The van der Waals surface area contributed by atoms with Gasteiger partial charge in [0.1, 0.15) is 23.2 Å². The Morgan fingerprint density at radius 2 is 1.95 bits per heavy atom. The molecule has 3 aromatic rings. The van der Waals surface area contributed by atoms with Crippen molar-refractivity contribution in [3.8, 4) is 5.75 Å². The number of aliphatic hydroxyl groups excluding tert-OH is 1. The van der Waals surface area contributed by atoms with Crippen LogP contribution in [0.2, 0.25) is 0 Å². The summed E-state index contributed by atoms with van der Waals surface area (Å²) in [5.74, 6) is 1.38. The third kappa shape index (κ3) is 2.53. The summed E-state index contributed by atoms with van der Waals surface area (Å²) in [6, 6.07) is 17.3. The summed E-state index contributed by atoms with van der Waals surface area (Å²) in [6.45, 7) is 0. The van der Waals surface area contributed by atoms with Crippen LogP contribution in [0.5, 0.6) is 5.75 Å². The van der Waals surface area contributed by atoms with Crippen LogP contribution in [0.1, 0.15) is 17.4 Å². The van der Waals surface area contributed by atoms with Crippen molar-refractivity contribution in [1.29, 1.82) is 0 Å². The summed E-state index contributed by atoms with van der Waals surface area (Å²) >= 11 is 0. The van der Waals surface area contributed by atoms with Crippen LogP contribution in [0.4, 0.5) is 0 Å². The number of methoxy groups -OCH3 is 1. The zero-order chi connectivity index (χ0) is 13.9. The molecule has 0 bridgehead atoms. The van der Waals surface area contributed by atoms with Crippen LogP contribution < -0.4 is 4.74 Å². The Kier molecular flexibility index (Phi) is 3.44. The Labute approximate surface area is 117 Å². The lowest BCUT2D eigenvalue weighted by atomic mass is 10.1. The van der Waals surface area contributed by atoms with Gasteiger partial charge in [-0.15, -0.1) is 0 Å². The van der Waals surface area contributed by atoms with Crippen LogP contribution in [0, 0.1) is 0 Å². The van der Waals surface area contributed by atoms with E-state index in [-0.39, 0.29) is 0 Å². The van der Waals surface area contributed by atoms with E-state index in [0.717, 1.165) is 22.3 Å². The predicted molar refractivity (Wildman–Crippen MR) is 77.9 cm³/mol. The van der Waals surface area contributed by atoms with Crippen LogP contribution in [-0.2, 0) is 6.42 Å². The maximum Gasteiger partial charge on any atom is 0.134 e. The molecule has 3 rings (SSSR count). The largest absolute Gasteiger partial charge is 0.497 e. The molecule has 1 heterocycles. The number of aliphatic hydroxyl groups is 1. The lowest BCUT2D eigenvalue weighted by molar-refractivity contribution is 0.152. The Balaban J connectivity index is 1.82.